The molecular weight excluding hydrogens is 266 g/mol. The number of nitroso groups, excluding NO2 is 1. The zero-order valence-corrected chi connectivity index (χ0v) is 11.9. The van der Waals surface area contributed by atoms with Crippen molar-refractivity contribution in [1.29, 1.82) is 0 Å². The molecule has 0 spiro atoms. The van der Waals surface area contributed by atoms with E-state index in [9.17, 15) is 10.0 Å². The minimum Gasteiger partial charge on any atom is -0.392 e. The summed E-state index contributed by atoms with van der Waals surface area (Å²) in [5.74, 6) is 0.276. The van der Waals surface area contributed by atoms with Crippen LogP contribution in [0.1, 0.15) is 16.7 Å². The average Bonchev–Trinajstić information content (AvgIpc) is 2.87. The Morgan fingerprint density at radius 3 is 2.67 bits per heavy atom. The molecule has 0 aliphatic carbocycles. The first-order chi connectivity index (χ1) is 10.1. The van der Waals surface area contributed by atoms with Gasteiger partial charge in [-0.25, -0.2) is 4.98 Å². The number of imidazole rings is 1. The molecule has 2 heterocycles. The number of aliphatic hydroxyl groups excluding tert-OH is 1. The zero-order chi connectivity index (χ0) is 15.0. The topological polar surface area (TPSA) is 67.0 Å². The second kappa shape index (κ2) is 5.10. The first kappa shape index (κ1) is 13.5. The Morgan fingerprint density at radius 2 is 2.00 bits per heavy atom. The fourth-order valence-corrected chi connectivity index (χ4v) is 2.34. The highest BCUT2D eigenvalue weighted by Crippen LogP contribution is 2.32. The van der Waals surface area contributed by atoms with Crippen LogP contribution >= 0.6 is 0 Å². The lowest BCUT2D eigenvalue weighted by atomic mass is 10.0. The highest BCUT2D eigenvalue weighted by Gasteiger charge is 2.15. The Bertz CT molecular complexity index is 837. The first-order valence-corrected chi connectivity index (χ1v) is 6.67. The second-order valence-electron chi connectivity index (χ2n) is 5.10. The van der Waals surface area contributed by atoms with Gasteiger partial charge < -0.3 is 5.11 Å². The molecule has 0 saturated heterocycles. The molecule has 0 amide bonds. The van der Waals surface area contributed by atoms with E-state index in [4.69, 9.17) is 0 Å². The first-order valence-electron chi connectivity index (χ1n) is 6.67. The molecule has 0 unspecified atom stereocenters. The van der Waals surface area contributed by atoms with E-state index in [2.05, 4.69) is 10.2 Å². The van der Waals surface area contributed by atoms with Crippen molar-refractivity contribution in [3.05, 3.63) is 58.1 Å². The Labute approximate surface area is 121 Å². The number of pyridine rings is 1. The number of benzene rings is 1. The summed E-state index contributed by atoms with van der Waals surface area (Å²) in [6.07, 6.45) is 1.70. The Kier molecular flexibility index (Phi) is 3.27. The number of fused-ring (bicyclic) bond motifs is 1. The molecule has 0 saturated carbocycles. The van der Waals surface area contributed by atoms with E-state index < -0.39 is 0 Å². The van der Waals surface area contributed by atoms with Crippen LogP contribution in [0.4, 0.5) is 5.82 Å². The van der Waals surface area contributed by atoms with E-state index in [0.717, 1.165) is 16.7 Å². The molecule has 2 aromatic heterocycles. The van der Waals surface area contributed by atoms with Gasteiger partial charge in [-0.3, -0.25) is 4.40 Å². The van der Waals surface area contributed by atoms with Gasteiger partial charge in [0.2, 0.25) is 5.82 Å². The van der Waals surface area contributed by atoms with Crippen LogP contribution < -0.4 is 0 Å². The normalized spacial score (nSPS) is 11.0. The summed E-state index contributed by atoms with van der Waals surface area (Å²) in [4.78, 5) is 15.7. The predicted molar refractivity (Wildman–Crippen MR) is 81.5 cm³/mol. The molecule has 5 heteroatoms. The third-order valence-electron chi connectivity index (χ3n) is 3.71. The molecule has 1 aromatic carbocycles. The van der Waals surface area contributed by atoms with Gasteiger partial charge in [-0.1, -0.05) is 12.1 Å². The van der Waals surface area contributed by atoms with Crippen molar-refractivity contribution in [2.45, 2.75) is 20.5 Å². The number of rotatable bonds is 3. The molecule has 0 aliphatic rings. The van der Waals surface area contributed by atoms with Crippen LogP contribution in [0.3, 0.4) is 0 Å². The minimum atomic E-state index is -0.0633. The average molecular weight is 281 g/mol. The van der Waals surface area contributed by atoms with Gasteiger partial charge in [0, 0.05) is 11.8 Å². The van der Waals surface area contributed by atoms with Crippen LogP contribution in [0, 0.1) is 18.8 Å². The van der Waals surface area contributed by atoms with E-state index in [-0.39, 0.29) is 12.4 Å². The van der Waals surface area contributed by atoms with Crippen LogP contribution in [-0.2, 0) is 6.61 Å². The summed E-state index contributed by atoms with van der Waals surface area (Å²) in [5, 5.41) is 12.3. The van der Waals surface area contributed by atoms with Crippen molar-refractivity contribution >= 4 is 11.5 Å². The lowest BCUT2D eigenvalue weighted by molar-refractivity contribution is 0.282. The summed E-state index contributed by atoms with van der Waals surface area (Å²) >= 11 is 0. The highest BCUT2D eigenvalue weighted by atomic mass is 16.3. The largest absolute Gasteiger partial charge is 0.392 e. The molecule has 21 heavy (non-hydrogen) atoms. The Hall–Kier alpha value is -2.53. The van der Waals surface area contributed by atoms with Gasteiger partial charge in [-0.15, -0.1) is 4.91 Å². The maximum Gasteiger partial charge on any atom is 0.209 e. The Balaban J connectivity index is 2.25. The number of hydrogen-bond donors (Lipinski definition) is 1. The van der Waals surface area contributed by atoms with Gasteiger partial charge in [-0.2, -0.15) is 0 Å². The number of hydrogen-bond acceptors (Lipinski definition) is 4. The third kappa shape index (κ3) is 2.21. The summed E-state index contributed by atoms with van der Waals surface area (Å²) in [7, 11) is 0. The maximum atomic E-state index is 11.2. The lowest BCUT2D eigenvalue weighted by Gasteiger charge is -2.03. The molecule has 0 bridgehead atoms. The van der Waals surface area contributed by atoms with Crippen LogP contribution in [0.25, 0.3) is 16.9 Å². The summed E-state index contributed by atoms with van der Waals surface area (Å²) < 4.78 is 1.64. The van der Waals surface area contributed by atoms with Crippen molar-refractivity contribution in [2.24, 2.45) is 5.18 Å². The van der Waals surface area contributed by atoms with Gasteiger partial charge in [0.1, 0.15) is 11.3 Å². The third-order valence-corrected chi connectivity index (χ3v) is 3.71. The quantitative estimate of drug-likeness (QED) is 0.747. The second-order valence-corrected chi connectivity index (χ2v) is 5.10. The fourth-order valence-electron chi connectivity index (χ4n) is 2.34. The van der Waals surface area contributed by atoms with Gasteiger partial charge in [0.05, 0.1) is 6.61 Å². The summed E-state index contributed by atoms with van der Waals surface area (Å²) in [5.41, 5.74) is 5.09. The highest BCUT2D eigenvalue weighted by molar-refractivity contribution is 5.75. The molecule has 1 N–H and O–H groups in total. The van der Waals surface area contributed by atoms with Gasteiger partial charge in [-0.05, 0) is 53.9 Å². The maximum absolute atomic E-state index is 11.2. The standard InChI is InChI=1S/C16H15N3O2/c1-10-3-4-13(7-11(10)2)15-16(18-21)19-6-5-12(9-20)8-14(19)17-15/h3-8,20H,9H2,1-2H3. The van der Waals surface area contributed by atoms with Crippen molar-refractivity contribution in [3.8, 4) is 11.3 Å². The van der Waals surface area contributed by atoms with E-state index in [1.165, 1.54) is 5.56 Å². The molecular formula is C16H15N3O2. The SMILES string of the molecule is Cc1ccc(-c2nc3cc(CO)ccn3c2N=O)cc1C. The number of aromatic nitrogens is 2. The molecule has 0 fully saturated rings. The van der Waals surface area contributed by atoms with Crippen molar-refractivity contribution < 1.29 is 5.11 Å². The lowest BCUT2D eigenvalue weighted by Crippen LogP contribution is -1.88. The van der Waals surface area contributed by atoms with Crippen molar-refractivity contribution in [1.82, 2.24) is 9.38 Å². The summed E-state index contributed by atoms with van der Waals surface area (Å²) in [6.45, 7) is 3.99. The molecule has 0 aliphatic heterocycles. The molecule has 0 radical (unpaired) electrons. The van der Waals surface area contributed by atoms with Crippen molar-refractivity contribution in [2.75, 3.05) is 0 Å². The van der Waals surface area contributed by atoms with Crippen LogP contribution in [0.2, 0.25) is 0 Å². The van der Waals surface area contributed by atoms with Crippen LogP contribution in [0.15, 0.2) is 41.7 Å². The van der Waals surface area contributed by atoms with E-state index >= 15 is 0 Å². The number of nitrogens with zero attached hydrogens (tertiary/aromatic N) is 3. The molecule has 5 nitrogen and oxygen atoms in total. The van der Waals surface area contributed by atoms with E-state index in [0.29, 0.717) is 11.3 Å². The van der Waals surface area contributed by atoms with E-state index in [1.54, 1.807) is 22.7 Å². The molecule has 0 atom stereocenters. The van der Waals surface area contributed by atoms with Crippen LogP contribution in [-0.4, -0.2) is 14.5 Å². The van der Waals surface area contributed by atoms with Gasteiger partial charge in [0.15, 0.2) is 0 Å². The number of aliphatic hydroxyl groups is 1. The molecule has 3 rings (SSSR count). The smallest absolute Gasteiger partial charge is 0.209 e. The minimum absolute atomic E-state index is 0.0633. The van der Waals surface area contributed by atoms with Crippen LogP contribution in [0.5, 0.6) is 0 Å². The van der Waals surface area contributed by atoms with Crippen molar-refractivity contribution in [3.63, 3.8) is 0 Å². The molecule has 3 aromatic rings. The predicted octanol–water partition coefficient (Wildman–Crippen LogP) is 3.51. The van der Waals surface area contributed by atoms with E-state index in [1.807, 2.05) is 32.0 Å². The monoisotopic (exact) mass is 281 g/mol. The zero-order valence-electron chi connectivity index (χ0n) is 11.9. The molecule has 106 valence electrons. The Morgan fingerprint density at radius 1 is 1.19 bits per heavy atom. The summed E-state index contributed by atoms with van der Waals surface area (Å²) in [6, 6.07) is 9.43. The van der Waals surface area contributed by atoms with Gasteiger partial charge >= 0.3 is 0 Å². The van der Waals surface area contributed by atoms with Gasteiger partial charge in [0.25, 0.3) is 0 Å². The fraction of sp³-hybridized carbons (Fsp3) is 0.188. The number of aryl methyl sites for hydroxylation is 2.